The van der Waals surface area contributed by atoms with Crippen LogP contribution in [0.15, 0.2) is 24.3 Å². The number of carboxylic acid groups (broad SMARTS) is 1. The van der Waals surface area contributed by atoms with Gasteiger partial charge in [0.15, 0.2) is 6.29 Å². The van der Waals surface area contributed by atoms with Crippen molar-refractivity contribution in [3.8, 4) is 0 Å². The van der Waals surface area contributed by atoms with Crippen LogP contribution in [0.1, 0.15) is 52.0 Å². The van der Waals surface area contributed by atoms with E-state index in [4.69, 9.17) is 14.2 Å². The molecule has 0 aliphatic heterocycles. The smallest absolute Gasteiger partial charge is 0.408 e. The number of hydrogen-bond acceptors (Lipinski definition) is 5. The lowest BCUT2D eigenvalue weighted by Gasteiger charge is -2.22. The minimum atomic E-state index is -1.12. The highest BCUT2D eigenvalue weighted by atomic mass is 16.7. The lowest BCUT2D eigenvalue weighted by atomic mass is 10.0. The summed E-state index contributed by atoms with van der Waals surface area (Å²) in [5, 5.41) is 11.7. The maximum absolute atomic E-state index is 11.8. The van der Waals surface area contributed by atoms with Crippen molar-refractivity contribution in [2.24, 2.45) is 0 Å². The molecule has 0 radical (unpaired) electrons. The Morgan fingerprint density at radius 1 is 1.08 bits per heavy atom. The molecule has 7 heteroatoms. The first-order valence-corrected chi connectivity index (χ1v) is 8.70. The van der Waals surface area contributed by atoms with Crippen LogP contribution in [0, 0.1) is 0 Å². The van der Waals surface area contributed by atoms with E-state index in [2.05, 4.69) is 5.32 Å². The fraction of sp³-hybridized carbons (Fsp3) is 0.579. The number of carbonyl (C=O) groups is 2. The zero-order valence-electron chi connectivity index (χ0n) is 16.1. The summed E-state index contributed by atoms with van der Waals surface area (Å²) in [5.41, 5.74) is 0.927. The molecule has 1 amide bonds. The van der Waals surface area contributed by atoms with E-state index in [1.165, 1.54) is 0 Å². The molecule has 0 saturated carbocycles. The molecule has 1 aromatic carbocycles. The van der Waals surface area contributed by atoms with Gasteiger partial charge in [0.05, 0.1) is 0 Å². The summed E-state index contributed by atoms with van der Waals surface area (Å²) in [6, 6.07) is 6.18. The highest BCUT2D eigenvalue weighted by molar-refractivity contribution is 5.80. The van der Waals surface area contributed by atoms with Gasteiger partial charge in [-0.25, -0.2) is 9.59 Å². The summed E-state index contributed by atoms with van der Waals surface area (Å²) in [5.74, 6) is -1.12. The molecule has 0 spiro atoms. The number of carboxylic acids is 1. The minimum Gasteiger partial charge on any atom is -0.480 e. The molecule has 146 valence electrons. The number of alkyl carbamates (subject to hydrolysis) is 1. The fourth-order valence-corrected chi connectivity index (χ4v) is 2.24. The number of nitrogens with one attached hydrogen (secondary N) is 1. The topological polar surface area (TPSA) is 94.1 Å². The molecule has 1 atom stereocenters. The van der Waals surface area contributed by atoms with Gasteiger partial charge in [-0.2, -0.15) is 0 Å². The van der Waals surface area contributed by atoms with E-state index in [1.807, 2.05) is 26.0 Å². The normalized spacial score (nSPS) is 12.7. The highest BCUT2D eigenvalue weighted by Gasteiger charge is 2.24. The molecular weight excluding hydrogens is 338 g/mol. The average molecular weight is 367 g/mol. The highest BCUT2D eigenvalue weighted by Crippen LogP contribution is 2.20. The van der Waals surface area contributed by atoms with Crippen LogP contribution in [0.3, 0.4) is 0 Å². The van der Waals surface area contributed by atoms with Crippen LogP contribution in [0.5, 0.6) is 0 Å². The first kappa shape index (κ1) is 21.9. The van der Waals surface area contributed by atoms with Gasteiger partial charge in [-0.05, 0) is 40.2 Å². The van der Waals surface area contributed by atoms with Crippen molar-refractivity contribution >= 4 is 12.1 Å². The van der Waals surface area contributed by atoms with Crippen molar-refractivity contribution in [3.63, 3.8) is 0 Å². The number of amides is 1. The Morgan fingerprint density at radius 3 is 2.04 bits per heavy atom. The van der Waals surface area contributed by atoms with Crippen molar-refractivity contribution < 1.29 is 28.9 Å². The summed E-state index contributed by atoms with van der Waals surface area (Å²) in [6.45, 7) is 9.97. The lowest BCUT2D eigenvalue weighted by Crippen LogP contribution is -2.44. The van der Waals surface area contributed by atoms with Crippen molar-refractivity contribution in [1.29, 1.82) is 0 Å². The quantitative estimate of drug-likeness (QED) is 0.651. The van der Waals surface area contributed by atoms with Crippen LogP contribution in [0.2, 0.25) is 0 Å². The monoisotopic (exact) mass is 367 g/mol. The second kappa shape index (κ2) is 10.1. The van der Waals surface area contributed by atoms with E-state index in [1.54, 1.807) is 32.9 Å². The first-order valence-electron chi connectivity index (χ1n) is 8.70. The van der Waals surface area contributed by atoms with Crippen LogP contribution in [-0.2, 0) is 25.4 Å². The Bertz CT molecular complexity index is 573. The Kier molecular flexibility index (Phi) is 8.54. The molecule has 2 N–H and O–H groups in total. The molecule has 7 nitrogen and oxygen atoms in total. The van der Waals surface area contributed by atoms with Gasteiger partial charge in [0.2, 0.25) is 0 Å². The molecule has 0 bridgehead atoms. The molecule has 0 aliphatic carbocycles. The molecule has 0 saturated heterocycles. The number of rotatable bonds is 9. The molecule has 0 heterocycles. The maximum atomic E-state index is 11.8. The van der Waals surface area contributed by atoms with E-state index >= 15 is 0 Å². The number of carbonyl (C=O) groups excluding carboxylic acids is 1. The van der Waals surface area contributed by atoms with Gasteiger partial charge in [0.1, 0.15) is 11.6 Å². The van der Waals surface area contributed by atoms with Crippen LogP contribution < -0.4 is 5.32 Å². The van der Waals surface area contributed by atoms with Gasteiger partial charge in [0, 0.05) is 25.2 Å². The summed E-state index contributed by atoms with van der Waals surface area (Å²) in [7, 11) is 0. The third-order valence-electron chi connectivity index (χ3n) is 3.32. The number of aliphatic carboxylic acids is 1. The molecule has 1 aromatic rings. The van der Waals surface area contributed by atoms with Crippen LogP contribution >= 0.6 is 0 Å². The summed E-state index contributed by atoms with van der Waals surface area (Å²) < 4.78 is 16.2. The zero-order valence-corrected chi connectivity index (χ0v) is 16.1. The minimum absolute atomic E-state index is 0.142. The molecule has 0 aromatic heterocycles. The van der Waals surface area contributed by atoms with E-state index in [-0.39, 0.29) is 6.42 Å². The number of hydrogen-bond donors (Lipinski definition) is 2. The third-order valence-corrected chi connectivity index (χ3v) is 3.32. The van der Waals surface area contributed by atoms with E-state index in [0.29, 0.717) is 13.2 Å². The molecule has 0 fully saturated rings. The van der Waals surface area contributed by atoms with Crippen molar-refractivity contribution in [2.75, 3.05) is 13.2 Å². The third kappa shape index (κ3) is 7.84. The summed E-state index contributed by atoms with van der Waals surface area (Å²) in [4.78, 5) is 23.3. The zero-order chi connectivity index (χ0) is 19.7. The molecule has 1 unspecified atom stereocenters. The van der Waals surface area contributed by atoms with Crippen LogP contribution in [0.25, 0.3) is 0 Å². The van der Waals surface area contributed by atoms with Crippen molar-refractivity contribution in [3.05, 3.63) is 35.4 Å². The van der Waals surface area contributed by atoms with Gasteiger partial charge >= 0.3 is 12.1 Å². The van der Waals surface area contributed by atoms with E-state index in [0.717, 1.165) is 11.1 Å². The Hall–Kier alpha value is -2.12. The largest absolute Gasteiger partial charge is 0.480 e. The molecule has 1 rings (SSSR count). The standard InChI is InChI=1S/C19H29NO6/c1-6-24-17(25-7-2)14-10-8-13(9-11-14)12-15(16(21)22)20-18(23)26-19(3,4)5/h8-11,15,17H,6-7,12H2,1-5H3,(H,20,23)(H,21,22). The Balaban J connectivity index is 2.77. The van der Waals surface area contributed by atoms with Gasteiger partial charge in [0.25, 0.3) is 0 Å². The van der Waals surface area contributed by atoms with Crippen LogP contribution in [0.4, 0.5) is 4.79 Å². The second-order valence-electron chi connectivity index (χ2n) is 6.73. The van der Waals surface area contributed by atoms with Crippen LogP contribution in [-0.4, -0.2) is 42.0 Å². The van der Waals surface area contributed by atoms with Gasteiger partial charge in [-0.15, -0.1) is 0 Å². The molecular formula is C19H29NO6. The van der Waals surface area contributed by atoms with E-state index < -0.39 is 30.0 Å². The fourth-order valence-electron chi connectivity index (χ4n) is 2.24. The number of benzene rings is 1. The predicted molar refractivity (Wildman–Crippen MR) is 96.9 cm³/mol. The molecule has 26 heavy (non-hydrogen) atoms. The van der Waals surface area contributed by atoms with Crippen molar-refractivity contribution in [1.82, 2.24) is 5.32 Å². The Labute approximate surface area is 154 Å². The van der Waals surface area contributed by atoms with Crippen molar-refractivity contribution in [2.45, 2.75) is 59.0 Å². The predicted octanol–water partition coefficient (Wildman–Crippen LogP) is 3.28. The van der Waals surface area contributed by atoms with Gasteiger partial charge in [-0.3, -0.25) is 0 Å². The summed E-state index contributed by atoms with van der Waals surface area (Å²) in [6.07, 6.45) is -1.06. The first-order chi connectivity index (χ1) is 12.2. The SMILES string of the molecule is CCOC(OCC)c1ccc(CC(NC(=O)OC(C)(C)C)C(=O)O)cc1. The van der Waals surface area contributed by atoms with E-state index in [9.17, 15) is 14.7 Å². The lowest BCUT2D eigenvalue weighted by molar-refractivity contribution is -0.140. The second-order valence-corrected chi connectivity index (χ2v) is 6.73. The maximum Gasteiger partial charge on any atom is 0.408 e. The van der Waals surface area contributed by atoms with Gasteiger partial charge < -0.3 is 24.6 Å². The molecule has 0 aliphatic rings. The summed E-state index contributed by atoms with van der Waals surface area (Å²) >= 11 is 0. The number of ether oxygens (including phenoxy) is 3. The average Bonchev–Trinajstić information content (AvgIpc) is 2.53. The Morgan fingerprint density at radius 2 is 1.62 bits per heavy atom. The van der Waals surface area contributed by atoms with Gasteiger partial charge in [-0.1, -0.05) is 24.3 Å².